The van der Waals surface area contributed by atoms with E-state index in [2.05, 4.69) is 50.2 Å². The lowest BCUT2D eigenvalue weighted by Gasteiger charge is -2.47. The summed E-state index contributed by atoms with van der Waals surface area (Å²) in [5.41, 5.74) is 2.53. The van der Waals surface area contributed by atoms with Crippen molar-refractivity contribution in [1.82, 2.24) is 4.90 Å². The van der Waals surface area contributed by atoms with Gasteiger partial charge in [-0.15, -0.1) is 0 Å². The molecule has 3 nitrogen and oxygen atoms in total. The maximum absolute atomic E-state index is 6.11. The number of nitrogens with zero attached hydrogens (tertiary/aromatic N) is 1. The highest BCUT2D eigenvalue weighted by atomic mass is 16.7. The van der Waals surface area contributed by atoms with E-state index in [4.69, 9.17) is 9.47 Å². The maximum Gasteiger partial charge on any atom is 0.163 e. The smallest absolute Gasteiger partial charge is 0.163 e. The average Bonchev–Trinajstić information content (AvgIpc) is 2.26. The third-order valence-corrected chi connectivity index (χ3v) is 3.90. The number of benzene rings is 1. The summed E-state index contributed by atoms with van der Waals surface area (Å²) in [6.45, 7) is 3.15. The van der Waals surface area contributed by atoms with Crippen LogP contribution in [0.2, 0.25) is 0 Å². The third-order valence-electron chi connectivity index (χ3n) is 3.90. The van der Waals surface area contributed by atoms with Crippen molar-refractivity contribution in [2.75, 3.05) is 20.6 Å². The summed E-state index contributed by atoms with van der Waals surface area (Å²) in [5.74, 6) is 0. The molecule has 1 saturated heterocycles. The Labute approximate surface area is 109 Å². The summed E-state index contributed by atoms with van der Waals surface area (Å²) in [5, 5.41) is 0. The number of likely N-dealkylation sites (N-methyl/N-ethyl adjacent to an activating group) is 1. The van der Waals surface area contributed by atoms with E-state index < -0.39 is 0 Å². The molecule has 0 radical (unpaired) electrons. The van der Waals surface area contributed by atoms with Crippen molar-refractivity contribution in [3.8, 4) is 0 Å². The van der Waals surface area contributed by atoms with Gasteiger partial charge in [-0.05, 0) is 32.1 Å². The first kappa shape index (κ1) is 12.2. The predicted molar refractivity (Wildman–Crippen MR) is 70.4 cm³/mol. The van der Waals surface area contributed by atoms with Gasteiger partial charge in [-0.1, -0.05) is 24.3 Å². The van der Waals surface area contributed by atoms with Crippen LogP contribution in [0.25, 0.3) is 0 Å². The molecule has 18 heavy (non-hydrogen) atoms. The lowest BCUT2D eigenvalue weighted by atomic mass is 9.82. The first-order valence-corrected chi connectivity index (χ1v) is 6.63. The van der Waals surface area contributed by atoms with Crippen LogP contribution in [-0.4, -0.2) is 37.9 Å². The Morgan fingerprint density at radius 2 is 2.11 bits per heavy atom. The summed E-state index contributed by atoms with van der Waals surface area (Å²) in [6.07, 6.45) is 1.98. The highest BCUT2D eigenvalue weighted by molar-refractivity contribution is 5.35. The molecule has 0 N–H and O–H groups in total. The molecule has 0 saturated carbocycles. The van der Waals surface area contributed by atoms with Crippen molar-refractivity contribution in [2.45, 2.75) is 37.8 Å². The predicted octanol–water partition coefficient (Wildman–Crippen LogP) is 2.15. The van der Waals surface area contributed by atoms with Gasteiger partial charge in [0.25, 0.3) is 0 Å². The molecule has 0 amide bonds. The van der Waals surface area contributed by atoms with E-state index in [-0.39, 0.29) is 18.0 Å². The Bertz CT molecular complexity index is 446. The normalized spacial score (nSPS) is 34.4. The quantitative estimate of drug-likeness (QED) is 0.799. The molecule has 2 heterocycles. The molecule has 1 fully saturated rings. The zero-order valence-corrected chi connectivity index (χ0v) is 11.3. The molecular weight excluding hydrogens is 226 g/mol. The molecule has 1 unspecified atom stereocenters. The van der Waals surface area contributed by atoms with E-state index in [0.717, 1.165) is 19.4 Å². The van der Waals surface area contributed by atoms with Crippen molar-refractivity contribution in [3.63, 3.8) is 0 Å². The number of ether oxygens (including phenoxy) is 2. The molecule has 0 aromatic heterocycles. The Balaban J connectivity index is 1.90. The Hall–Kier alpha value is -0.900. The zero-order chi connectivity index (χ0) is 12.8. The molecule has 3 atom stereocenters. The molecule has 1 aromatic carbocycles. The molecule has 0 spiro atoms. The van der Waals surface area contributed by atoms with Gasteiger partial charge >= 0.3 is 0 Å². The van der Waals surface area contributed by atoms with E-state index in [1.165, 1.54) is 11.1 Å². The number of hydrogen-bond donors (Lipinski definition) is 0. The van der Waals surface area contributed by atoms with Gasteiger partial charge in [0.05, 0.1) is 11.7 Å². The van der Waals surface area contributed by atoms with Gasteiger partial charge in [0.1, 0.15) is 0 Å². The molecule has 2 aliphatic rings. The largest absolute Gasteiger partial charge is 0.348 e. The summed E-state index contributed by atoms with van der Waals surface area (Å²) in [7, 11) is 4.18. The number of fused-ring (bicyclic) bond motifs is 4. The second-order valence-electron chi connectivity index (χ2n) is 5.86. The highest BCUT2D eigenvalue weighted by Crippen LogP contribution is 2.43. The molecule has 0 aliphatic carbocycles. The van der Waals surface area contributed by atoms with E-state index in [1.54, 1.807) is 0 Å². The monoisotopic (exact) mass is 247 g/mol. The van der Waals surface area contributed by atoms with E-state index >= 15 is 0 Å². The second kappa shape index (κ2) is 4.34. The van der Waals surface area contributed by atoms with E-state index in [1.807, 2.05) is 0 Å². The summed E-state index contributed by atoms with van der Waals surface area (Å²) in [6, 6.07) is 8.59. The number of rotatable bonds is 2. The van der Waals surface area contributed by atoms with E-state index in [0.29, 0.717) is 0 Å². The second-order valence-corrected chi connectivity index (χ2v) is 5.86. The molecule has 2 aliphatic heterocycles. The van der Waals surface area contributed by atoms with Crippen molar-refractivity contribution < 1.29 is 9.47 Å². The number of hydrogen-bond acceptors (Lipinski definition) is 3. The zero-order valence-electron chi connectivity index (χ0n) is 11.3. The molecule has 3 rings (SSSR count). The van der Waals surface area contributed by atoms with Crippen LogP contribution < -0.4 is 0 Å². The molecule has 1 aromatic rings. The lowest BCUT2D eigenvalue weighted by molar-refractivity contribution is -0.290. The van der Waals surface area contributed by atoms with Crippen molar-refractivity contribution in [1.29, 1.82) is 0 Å². The van der Waals surface area contributed by atoms with E-state index in [9.17, 15) is 0 Å². The SMILES string of the molecule is CN(C)CC1C[C@]2(C)O[C@@H](Cc3ccccc32)O1. The van der Waals surface area contributed by atoms with Crippen LogP contribution in [-0.2, 0) is 21.5 Å². The van der Waals surface area contributed by atoms with Crippen molar-refractivity contribution in [3.05, 3.63) is 35.4 Å². The van der Waals surface area contributed by atoms with Crippen LogP contribution in [0.5, 0.6) is 0 Å². The average molecular weight is 247 g/mol. The summed E-state index contributed by atoms with van der Waals surface area (Å²) in [4.78, 5) is 2.18. The Morgan fingerprint density at radius 1 is 1.33 bits per heavy atom. The minimum absolute atomic E-state index is 0.0800. The van der Waals surface area contributed by atoms with Gasteiger partial charge in [0.2, 0.25) is 0 Å². The molecule has 3 heteroatoms. The Kier molecular flexibility index (Phi) is 2.93. The summed E-state index contributed by atoms with van der Waals surface area (Å²) < 4.78 is 12.1. The minimum Gasteiger partial charge on any atom is -0.348 e. The fourth-order valence-corrected chi connectivity index (χ4v) is 3.24. The molecule has 2 bridgehead atoms. The van der Waals surface area contributed by atoms with Crippen LogP contribution in [0, 0.1) is 0 Å². The van der Waals surface area contributed by atoms with Crippen LogP contribution in [0.4, 0.5) is 0 Å². The van der Waals surface area contributed by atoms with Gasteiger partial charge in [-0.3, -0.25) is 0 Å². The van der Waals surface area contributed by atoms with Gasteiger partial charge < -0.3 is 14.4 Å². The van der Waals surface area contributed by atoms with Crippen LogP contribution in [0.3, 0.4) is 0 Å². The first-order valence-electron chi connectivity index (χ1n) is 6.63. The van der Waals surface area contributed by atoms with Gasteiger partial charge in [0, 0.05) is 19.4 Å². The third kappa shape index (κ3) is 2.07. The maximum atomic E-state index is 6.11. The van der Waals surface area contributed by atoms with Gasteiger partial charge in [-0.25, -0.2) is 0 Å². The van der Waals surface area contributed by atoms with Crippen molar-refractivity contribution >= 4 is 0 Å². The van der Waals surface area contributed by atoms with Gasteiger partial charge in [0.15, 0.2) is 6.29 Å². The fourth-order valence-electron chi connectivity index (χ4n) is 3.24. The van der Waals surface area contributed by atoms with Crippen LogP contribution >= 0.6 is 0 Å². The van der Waals surface area contributed by atoms with Crippen LogP contribution in [0.15, 0.2) is 24.3 Å². The standard InChI is InChI=1S/C15H21NO2/c1-15-9-12(10-16(2)3)17-14(18-15)8-11-6-4-5-7-13(11)15/h4-7,12,14H,8-10H2,1-3H3/t12?,14-,15-/m0/s1. The Morgan fingerprint density at radius 3 is 2.89 bits per heavy atom. The first-order chi connectivity index (χ1) is 8.57. The highest BCUT2D eigenvalue weighted by Gasteiger charge is 2.44. The topological polar surface area (TPSA) is 21.7 Å². The molecular formula is C15H21NO2. The lowest BCUT2D eigenvalue weighted by Crippen LogP contribution is -2.50. The summed E-state index contributed by atoms with van der Waals surface area (Å²) >= 11 is 0. The van der Waals surface area contributed by atoms with Crippen molar-refractivity contribution in [2.24, 2.45) is 0 Å². The molecule has 98 valence electrons. The minimum atomic E-state index is -0.182. The fraction of sp³-hybridized carbons (Fsp3) is 0.600. The van der Waals surface area contributed by atoms with Crippen LogP contribution in [0.1, 0.15) is 24.5 Å². The van der Waals surface area contributed by atoms with Gasteiger partial charge in [-0.2, -0.15) is 0 Å².